The van der Waals surface area contributed by atoms with Gasteiger partial charge in [0, 0.05) is 22.3 Å². The number of anilines is 1. The number of hydrogen-bond donors (Lipinski definition) is 2. The van der Waals surface area contributed by atoms with E-state index in [1.165, 1.54) is 30.3 Å². The Morgan fingerprint density at radius 1 is 0.966 bits per heavy atom. The van der Waals surface area contributed by atoms with Crippen molar-refractivity contribution in [3.8, 4) is 0 Å². The highest BCUT2D eigenvalue weighted by molar-refractivity contribution is 9.10. The molecule has 0 aromatic heterocycles. The van der Waals surface area contributed by atoms with Gasteiger partial charge in [-0.05, 0) is 66.6 Å². The highest BCUT2D eigenvalue weighted by Gasteiger charge is 2.15. The van der Waals surface area contributed by atoms with Crippen molar-refractivity contribution in [2.45, 2.75) is 11.3 Å². The molecule has 2 N–H and O–H groups in total. The summed E-state index contributed by atoms with van der Waals surface area (Å²) < 4.78 is 41.2. The van der Waals surface area contributed by atoms with E-state index in [4.69, 9.17) is 0 Å². The van der Waals surface area contributed by atoms with E-state index in [1.54, 1.807) is 42.5 Å². The molecule has 0 unspecified atom stereocenters. The first-order chi connectivity index (χ1) is 13.8. The van der Waals surface area contributed by atoms with Crippen molar-refractivity contribution in [2.24, 2.45) is 0 Å². The highest BCUT2D eigenvalue weighted by Crippen LogP contribution is 2.19. The summed E-state index contributed by atoms with van der Waals surface area (Å²) in [5, 5.41) is 2.77. The third-order valence-corrected chi connectivity index (χ3v) is 6.04. The lowest BCUT2D eigenvalue weighted by atomic mass is 10.1. The molecule has 29 heavy (non-hydrogen) atoms. The molecule has 0 aliphatic carbocycles. The zero-order chi connectivity index (χ0) is 20.9. The quantitative estimate of drug-likeness (QED) is 0.531. The zero-order valence-electron chi connectivity index (χ0n) is 15.2. The van der Waals surface area contributed by atoms with Gasteiger partial charge < -0.3 is 5.32 Å². The van der Waals surface area contributed by atoms with E-state index in [2.05, 4.69) is 26.0 Å². The smallest absolute Gasteiger partial charge is 0.261 e. The lowest BCUT2D eigenvalue weighted by Crippen LogP contribution is -2.25. The number of rotatable bonds is 7. The number of hydrogen-bond acceptors (Lipinski definition) is 3. The van der Waals surface area contributed by atoms with Gasteiger partial charge in [-0.1, -0.05) is 34.1 Å². The van der Waals surface area contributed by atoms with Crippen molar-refractivity contribution in [3.63, 3.8) is 0 Å². The second-order valence-electron chi connectivity index (χ2n) is 6.27. The highest BCUT2D eigenvalue weighted by atomic mass is 79.9. The second kappa shape index (κ2) is 9.19. The molecule has 0 atom stereocenters. The first-order valence-electron chi connectivity index (χ1n) is 8.74. The molecule has 0 bridgehead atoms. The molecule has 0 radical (unpaired) electrons. The van der Waals surface area contributed by atoms with E-state index in [0.717, 1.165) is 10.0 Å². The van der Waals surface area contributed by atoms with Gasteiger partial charge in [-0.2, -0.15) is 0 Å². The second-order valence-corrected chi connectivity index (χ2v) is 8.87. The third kappa shape index (κ3) is 5.88. The van der Waals surface area contributed by atoms with Gasteiger partial charge in [-0.15, -0.1) is 0 Å². The van der Waals surface area contributed by atoms with Crippen LogP contribution in [0.2, 0.25) is 0 Å². The van der Waals surface area contributed by atoms with Crippen molar-refractivity contribution < 1.29 is 17.6 Å². The van der Waals surface area contributed by atoms with Gasteiger partial charge in [0.05, 0.1) is 4.90 Å². The summed E-state index contributed by atoms with van der Waals surface area (Å²) in [4.78, 5) is 12.5. The van der Waals surface area contributed by atoms with Gasteiger partial charge in [0.1, 0.15) is 5.82 Å². The van der Waals surface area contributed by atoms with Crippen molar-refractivity contribution in [1.82, 2.24) is 5.32 Å². The van der Waals surface area contributed by atoms with Crippen LogP contribution in [-0.4, -0.2) is 20.9 Å². The maximum Gasteiger partial charge on any atom is 0.261 e. The van der Waals surface area contributed by atoms with Crippen molar-refractivity contribution in [1.29, 1.82) is 0 Å². The fourth-order valence-corrected chi connectivity index (χ4v) is 3.94. The van der Waals surface area contributed by atoms with Crippen molar-refractivity contribution in [3.05, 3.63) is 94.2 Å². The lowest BCUT2D eigenvalue weighted by molar-refractivity contribution is 0.0954. The van der Waals surface area contributed by atoms with Gasteiger partial charge in [-0.25, -0.2) is 12.8 Å². The molecule has 0 fully saturated rings. The summed E-state index contributed by atoms with van der Waals surface area (Å²) in [6.07, 6.45) is 0.557. The minimum atomic E-state index is -3.76. The Hall–Kier alpha value is -2.71. The monoisotopic (exact) mass is 476 g/mol. The van der Waals surface area contributed by atoms with Crippen LogP contribution >= 0.6 is 15.9 Å². The standard InChI is InChI=1S/C21H18BrFN2O3S/c22-17-6-10-20(11-7-17)29(27,28)25-19-3-1-2-16(14-19)21(26)24-13-12-15-4-8-18(23)9-5-15/h1-11,14,25H,12-13H2,(H,24,26). The molecule has 0 saturated heterocycles. The molecule has 0 spiro atoms. The van der Waals surface area contributed by atoms with Crippen LogP contribution in [0, 0.1) is 5.82 Å². The Morgan fingerprint density at radius 3 is 2.34 bits per heavy atom. The van der Waals surface area contributed by atoms with E-state index < -0.39 is 10.0 Å². The first-order valence-corrected chi connectivity index (χ1v) is 11.0. The van der Waals surface area contributed by atoms with E-state index in [0.29, 0.717) is 24.2 Å². The molecule has 0 saturated carbocycles. The third-order valence-electron chi connectivity index (χ3n) is 4.11. The van der Waals surface area contributed by atoms with E-state index in [1.807, 2.05) is 0 Å². The fraction of sp³-hybridized carbons (Fsp3) is 0.0952. The molecule has 0 aliphatic heterocycles. The van der Waals surface area contributed by atoms with Crippen LogP contribution in [0.15, 0.2) is 82.2 Å². The normalized spacial score (nSPS) is 11.1. The van der Waals surface area contributed by atoms with E-state index in [-0.39, 0.29) is 16.6 Å². The molecule has 3 aromatic rings. The van der Waals surface area contributed by atoms with Crippen LogP contribution in [0.4, 0.5) is 10.1 Å². The molecule has 1 amide bonds. The predicted molar refractivity (Wildman–Crippen MR) is 114 cm³/mol. The molecule has 3 aromatic carbocycles. The molecule has 3 rings (SSSR count). The van der Waals surface area contributed by atoms with Gasteiger partial charge in [0.25, 0.3) is 15.9 Å². The number of nitrogens with one attached hydrogen (secondary N) is 2. The van der Waals surface area contributed by atoms with Crippen LogP contribution < -0.4 is 10.0 Å². The topological polar surface area (TPSA) is 75.3 Å². The van der Waals surface area contributed by atoms with Crippen LogP contribution in [-0.2, 0) is 16.4 Å². The van der Waals surface area contributed by atoms with Gasteiger partial charge in [-0.3, -0.25) is 9.52 Å². The Kier molecular flexibility index (Phi) is 6.66. The minimum absolute atomic E-state index is 0.120. The first kappa shape index (κ1) is 21.0. The fourth-order valence-electron chi connectivity index (χ4n) is 2.63. The summed E-state index contributed by atoms with van der Waals surface area (Å²) >= 11 is 3.27. The van der Waals surface area contributed by atoms with Gasteiger partial charge in [0.2, 0.25) is 0 Å². The van der Waals surface area contributed by atoms with Gasteiger partial charge >= 0.3 is 0 Å². The maximum atomic E-state index is 12.9. The molecule has 8 heteroatoms. The molecule has 150 valence electrons. The average Bonchev–Trinajstić information content (AvgIpc) is 2.69. The largest absolute Gasteiger partial charge is 0.352 e. The zero-order valence-corrected chi connectivity index (χ0v) is 17.6. The molecule has 5 nitrogen and oxygen atoms in total. The number of benzene rings is 3. The van der Waals surface area contributed by atoms with Crippen molar-refractivity contribution >= 4 is 37.5 Å². The van der Waals surface area contributed by atoms with Crippen LogP contribution in [0.3, 0.4) is 0 Å². The summed E-state index contributed by atoms with van der Waals surface area (Å²) in [7, 11) is -3.76. The number of amides is 1. The lowest BCUT2D eigenvalue weighted by Gasteiger charge is -2.10. The van der Waals surface area contributed by atoms with Crippen LogP contribution in [0.1, 0.15) is 15.9 Å². The predicted octanol–water partition coefficient (Wildman–Crippen LogP) is 4.36. The van der Waals surface area contributed by atoms with Crippen LogP contribution in [0.5, 0.6) is 0 Å². The molecular formula is C21H18BrFN2O3S. The maximum absolute atomic E-state index is 12.9. The number of halogens is 2. The molecular weight excluding hydrogens is 459 g/mol. The summed E-state index contributed by atoms with van der Waals surface area (Å²) in [6, 6.07) is 18.6. The molecule has 0 aliphatic rings. The Labute approximate surface area is 177 Å². The molecule has 0 heterocycles. The summed E-state index contributed by atoms with van der Waals surface area (Å²) in [5.41, 5.74) is 1.53. The Balaban J connectivity index is 1.63. The summed E-state index contributed by atoms with van der Waals surface area (Å²) in [6.45, 7) is 0.374. The van der Waals surface area contributed by atoms with Gasteiger partial charge in [0.15, 0.2) is 0 Å². The number of sulfonamides is 1. The minimum Gasteiger partial charge on any atom is -0.352 e. The SMILES string of the molecule is O=C(NCCc1ccc(F)cc1)c1cccc(NS(=O)(=O)c2ccc(Br)cc2)c1. The van der Waals surface area contributed by atoms with Crippen LogP contribution in [0.25, 0.3) is 0 Å². The average molecular weight is 477 g/mol. The Morgan fingerprint density at radius 2 is 1.66 bits per heavy atom. The van der Waals surface area contributed by atoms with E-state index >= 15 is 0 Å². The Bertz CT molecular complexity index is 1100. The number of carbonyl (C=O) groups excluding carboxylic acids is 1. The number of carbonyl (C=O) groups is 1. The summed E-state index contributed by atoms with van der Waals surface area (Å²) in [5.74, 6) is -0.628. The van der Waals surface area contributed by atoms with Crippen molar-refractivity contribution in [2.75, 3.05) is 11.3 Å². The van der Waals surface area contributed by atoms with E-state index in [9.17, 15) is 17.6 Å².